The minimum Gasteiger partial charge on any atom is -0.455 e. The van der Waals surface area contributed by atoms with Crippen LogP contribution in [0.2, 0.25) is 0 Å². The summed E-state index contributed by atoms with van der Waals surface area (Å²) in [5, 5.41) is 9.60. The molecule has 1 unspecified atom stereocenters. The summed E-state index contributed by atoms with van der Waals surface area (Å²) < 4.78 is 8.70. The van der Waals surface area contributed by atoms with Gasteiger partial charge in [-0.2, -0.15) is 0 Å². The first-order valence-corrected chi connectivity index (χ1v) is 10.2. The van der Waals surface area contributed by atoms with E-state index >= 15 is 0 Å². The Morgan fingerprint density at radius 3 is 2.73 bits per heavy atom. The van der Waals surface area contributed by atoms with Crippen LogP contribution in [0.4, 0.5) is 11.5 Å². The molecule has 4 heterocycles. The molecular weight excluding hydrogens is 370 g/mol. The van der Waals surface area contributed by atoms with E-state index in [0.717, 1.165) is 44.7 Å². The highest BCUT2D eigenvalue weighted by Crippen LogP contribution is 2.50. The minimum absolute atomic E-state index is 0.108. The lowest BCUT2D eigenvalue weighted by molar-refractivity contribution is 0.673. The SMILES string of the molecule is C1=CC2=Nc3c(c4cc5c6ccccc6oc5c5c6ccccc6n3c45)NC2C=C1. The molecule has 0 saturated heterocycles. The zero-order chi connectivity index (χ0) is 19.4. The van der Waals surface area contributed by atoms with Crippen LogP contribution in [0.15, 0.2) is 88.3 Å². The van der Waals surface area contributed by atoms with Crippen molar-refractivity contribution in [2.45, 2.75) is 6.04 Å². The van der Waals surface area contributed by atoms with Crippen LogP contribution < -0.4 is 5.32 Å². The van der Waals surface area contributed by atoms with Gasteiger partial charge in [-0.1, -0.05) is 54.6 Å². The molecule has 8 rings (SSSR count). The van der Waals surface area contributed by atoms with Crippen molar-refractivity contribution in [1.29, 1.82) is 0 Å². The molecule has 1 atom stereocenters. The number of anilines is 1. The van der Waals surface area contributed by atoms with Gasteiger partial charge in [0.05, 0.1) is 33.9 Å². The molecule has 0 radical (unpaired) electrons. The number of nitrogens with one attached hydrogen (secondary N) is 1. The van der Waals surface area contributed by atoms with E-state index in [1.807, 2.05) is 18.2 Å². The Morgan fingerprint density at radius 1 is 0.900 bits per heavy atom. The van der Waals surface area contributed by atoms with Crippen LogP contribution in [0, 0.1) is 0 Å². The fourth-order valence-corrected chi connectivity index (χ4v) is 5.26. The van der Waals surface area contributed by atoms with Gasteiger partial charge in [0.1, 0.15) is 11.2 Å². The number of hydrogen-bond acceptors (Lipinski definition) is 3. The predicted molar refractivity (Wildman–Crippen MR) is 124 cm³/mol. The van der Waals surface area contributed by atoms with Gasteiger partial charge in [0, 0.05) is 21.5 Å². The van der Waals surface area contributed by atoms with Gasteiger partial charge < -0.3 is 9.73 Å². The Labute approximate surface area is 170 Å². The number of fused-ring (bicyclic) bond motifs is 11. The summed E-state index contributed by atoms with van der Waals surface area (Å²) in [7, 11) is 0. The third-order valence-corrected chi connectivity index (χ3v) is 6.52. The molecule has 0 spiro atoms. The van der Waals surface area contributed by atoms with E-state index in [4.69, 9.17) is 9.41 Å². The smallest absolute Gasteiger partial charge is 0.162 e. The number of nitrogens with zero attached hydrogens (tertiary/aromatic N) is 2. The molecule has 2 aliphatic rings. The highest BCUT2D eigenvalue weighted by Gasteiger charge is 2.30. The van der Waals surface area contributed by atoms with E-state index in [-0.39, 0.29) is 6.04 Å². The molecule has 3 aromatic carbocycles. The van der Waals surface area contributed by atoms with Crippen LogP contribution in [-0.4, -0.2) is 16.2 Å². The second-order valence-corrected chi connectivity index (χ2v) is 8.08. The summed E-state index contributed by atoms with van der Waals surface area (Å²) >= 11 is 0. The second kappa shape index (κ2) is 4.92. The Bertz CT molecular complexity index is 1780. The molecule has 0 bridgehead atoms. The molecule has 1 N–H and O–H groups in total. The molecule has 30 heavy (non-hydrogen) atoms. The highest BCUT2D eigenvalue weighted by atomic mass is 16.3. The first-order chi connectivity index (χ1) is 14.9. The molecule has 0 saturated carbocycles. The van der Waals surface area contributed by atoms with Crippen LogP contribution in [0.3, 0.4) is 0 Å². The van der Waals surface area contributed by atoms with E-state index in [2.05, 4.69) is 70.4 Å². The van der Waals surface area contributed by atoms with Crippen LogP contribution in [0.25, 0.3) is 49.1 Å². The van der Waals surface area contributed by atoms with Crippen molar-refractivity contribution in [3.8, 4) is 0 Å². The topological polar surface area (TPSA) is 41.9 Å². The van der Waals surface area contributed by atoms with Crippen molar-refractivity contribution in [1.82, 2.24) is 4.40 Å². The van der Waals surface area contributed by atoms with Crippen molar-refractivity contribution in [3.05, 3.63) is 78.9 Å². The van der Waals surface area contributed by atoms with E-state index in [1.165, 1.54) is 21.7 Å². The quantitative estimate of drug-likeness (QED) is 0.321. The van der Waals surface area contributed by atoms with Gasteiger partial charge in [-0.15, -0.1) is 0 Å². The summed E-state index contributed by atoms with van der Waals surface area (Å²) in [5.74, 6) is 0.972. The van der Waals surface area contributed by atoms with Crippen molar-refractivity contribution in [2.75, 3.05) is 5.32 Å². The number of benzene rings is 3. The van der Waals surface area contributed by atoms with E-state index in [0.29, 0.717) is 0 Å². The molecule has 0 fully saturated rings. The molecule has 1 aliphatic carbocycles. The Balaban J connectivity index is 1.67. The summed E-state index contributed by atoms with van der Waals surface area (Å²) in [6.45, 7) is 0. The van der Waals surface area contributed by atoms with Gasteiger partial charge in [0.15, 0.2) is 5.82 Å². The second-order valence-electron chi connectivity index (χ2n) is 8.08. The molecule has 4 heteroatoms. The maximum atomic E-state index is 6.41. The monoisotopic (exact) mass is 385 g/mol. The fraction of sp³-hybridized carbons (Fsp3) is 0.0385. The van der Waals surface area contributed by atoms with Crippen molar-refractivity contribution in [2.24, 2.45) is 4.99 Å². The number of hydrogen-bond donors (Lipinski definition) is 1. The molecule has 6 aromatic rings. The Kier molecular flexibility index (Phi) is 2.44. The lowest BCUT2D eigenvalue weighted by Crippen LogP contribution is -2.29. The zero-order valence-electron chi connectivity index (χ0n) is 15.9. The first kappa shape index (κ1) is 14.9. The van der Waals surface area contributed by atoms with Crippen molar-refractivity contribution >= 4 is 66.3 Å². The minimum atomic E-state index is 0.108. The van der Waals surface area contributed by atoms with E-state index in [9.17, 15) is 0 Å². The number of rotatable bonds is 0. The Morgan fingerprint density at radius 2 is 1.77 bits per heavy atom. The van der Waals surface area contributed by atoms with E-state index in [1.54, 1.807) is 0 Å². The highest BCUT2D eigenvalue weighted by molar-refractivity contribution is 6.31. The van der Waals surface area contributed by atoms with Crippen LogP contribution in [0.1, 0.15) is 0 Å². The number of allylic oxidation sites excluding steroid dienone is 2. The standard InChI is InChI=1S/C26H15N3O/c1-5-11-20-15(8-1)22-24-17(13-16-14-7-2-6-12-21(14)30-25(16)22)23-26(29(20)24)28-19-10-4-3-9-18(19)27-23/h1-13,18,27H. The average molecular weight is 385 g/mol. The maximum Gasteiger partial charge on any atom is 0.162 e. The fourth-order valence-electron chi connectivity index (χ4n) is 5.26. The van der Waals surface area contributed by atoms with Crippen molar-refractivity contribution in [3.63, 3.8) is 0 Å². The van der Waals surface area contributed by atoms with Gasteiger partial charge in [-0.3, -0.25) is 4.40 Å². The maximum absolute atomic E-state index is 6.41. The van der Waals surface area contributed by atoms with Gasteiger partial charge in [-0.25, -0.2) is 4.99 Å². The van der Waals surface area contributed by atoms with Gasteiger partial charge in [0.25, 0.3) is 0 Å². The predicted octanol–water partition coefficient (Wildman–Crippen LogP) is 6.58. The summed E-state index contributed by atoms with van der Waals surface area (Å²) in [5.41, 5.74) is 6.36. The molecule has 3 aromatic heterocycles. The normalized spacial score (nSPS) is 17.9. The molecule has 0 amide bonds. The van der Waals surface area contributed by atoms with Gasteiger partial charge >= 0.3 is 0 Å². The van der Waals surface area contributed by atoms with E-state index < -0.39 is 0 Å². The van der Waals surface area contributed by atoms with Gasteiger partial charge in [-0.05, 0) is 24.3 Å². The lowest BCUT2D eigenvalue weighted by atomic mass is 10.0. The molecule has 1 aliphatic heterocycles. The lowest BCUT2D eigenvalue weighted by Gasteiger charge is -2.23. The van der Waals surface area contributed by atoms with Crippen molar-refractivity contribution < 1.29 is 4.42 Å². The van der Waals surface area contributed by atoms with Crippen LogP contribution in [0.5, 0.6) is 0 Å². The zero-order valence-corrected chi connectivity index (χ0v) is 15.9. The van der Waals surface area contributed by atoms with Crippen LogP contribution in [-0.2, 0) is 0 Å². The first-order valence-electron chi connectivity index (χ1n) is 10.2. The molecular formula is C26H15N3O. The summed E-state index contributed by atoms with van der Waals surface area (Å²) in [4.78, 5) is 5.09. The average Bonchev–Trinajstić information content (AvgIpc) is 3.43. The molecule has 4 nitrogen and oxygen atoms in total. The third kappa shape index (κ3) is 1.59. The third-order valence-electron chi connectivity index (χ3n) is 6.52. The molecule has 140 valence electrons. The van der Waals surface area contributed by atoms with Gasteiger partial charge in [0.2, 0.25) is 0 Å². The van der Waals surface area contributed by atoms with Crippen LogP contribution >= 0.6 is 0 Å². The number of aromatic nitrogens is 1. The Hall–Kier alpha value is -4.05. The summed E-state index contributed by atoms with van der Waals surface area (Å²) in [6, 6.07) is 19.2. The number of aliphatic imine (C=N–C) groups is 1. The largest absolute Gasteiger partial charge is 0.455 e. The number of para-hydroxylation sites is 2. The summed E-state index contributed by atoms with van der Waals surface area (Å²) in [6.07, 6.45) is 8.38. The number of furan rings is 1.